The van der Waals surface area contributed by atoms with Gasteiger partial charge >= 0.3 is 0 Å². The number of rotatable bonds is 4. The molecule has 3 N–H and O–H groups in total. The van der Waals surface area contributed by atoms with Gasteiger partial charge in [0, 0.05) is 13.1 Å². The van der Waals surface area contributed by atoms with E-state index >= 15 is 0 Å². The van der Waals surface area contributed by atoms with Crippen molar-refractivity contribution in [1.29, 1.82) is 10.5 Å². The minimum Gasteiger partial charge on any atom is -0.378 e. The fourth-order valence-corrected chi connectivity index (χ4v) is 3.95. The first-order chi connectivity index (χ1) is 13.1. The third kappa shape index (κ3) is 4.20. The van der Waals surface area contributed by atoms with Crippen molar-refractivity contribution in [3.63, 3.8) is 0 Å². The van der Waals surface area contributed by atoms with Gasteiger partial charge in [0.2, 0.25) is 5.91 Å². The molecule has 0 unspecified atom stereocenters. The number of hydrogen-bond acceptors (Lipinski definition) is 6. The third-order valence-electron chi connectivity index (χ3n) is 4.20. The lowest BCUT2D eigenvalue weighted by Crippen LogP contribution is -2.42. The van der Waals surface area contributed by atoms with Crippen LogP contribution >= 0.6 is 11.8 Å². The van der Waals surface area contributed by atoms with Crippen LogP contribution < -0.4 is 10.7 Å². The maximum Gasteiger partial charge on any atom is 0.289 e. The van der Waals surface area contributed by atoms with Crippen LogP contribution in [0.1, 0.15) is 21.9 Å². The highest BCUT2D eigenvalue weighted by Gasteiger charge is 2.30. The molecule has 0 radical (unpaired) electrons. The van der Waals surface area contributed by atoms with Crippen molar-refractivity contribution >= 4 is 23.5 Å². The summed E-state index contributed by atoms with van der Waals surface area (Å²) in [5, 5.41) is 18.5. The average Bonchev–Trinajstić information content (AvgIpc) is 2.73. The zero-order valence-electron chi connectivity index (χ0n) is 14.5. The molecule has 1 saturated heterocycles. The first-order valence-electron chi connectivity index (χ1n) is 8.38. The molecule has 27 heavy (non-hydrogen) atoms. The lowest BCUT2D eigenvalue weighted by Gasteiger charge is -2.30. The number of nitrogen functional groups attached to an aromatic ring is 1. The van der Waals surface area contributed by atoms with Crippen LogP contribution in [0.5, 0.6) is 0 Å². The predicted octanol–water partition coefficient (Wildman–Crippen LogP) is 1.52. The molecule has 7 nitrogen and oxygen atoms in total. The van der Waals surface area contributed by atoms with Gasteiger partial charge in [-0.05, 0) is 11.6 Å². The number of benzene rings is 1. The molecule has 1 amide bonds. The van der Waals surface area contributed by atoms with Crippen LogP contribution in [-0.2, 0) is 9.53 Å². The second-order valence-corrected chi connectivity index (χ2v) is 7.02. The zero-order valence-corrected chi connectivity index (χ0v) is 15.3. The van der Waals surface area contributed by atoms with Crippen molar-refractivity contribution in [1.82, 2.24) is 4.90 Å². The topological polar surface area (TPSA) is 117 Å². The minimum absolute atomic E-state index is 0.0466. The number of aromatic nitrogens is 1. The second-order valence-electron chi connectivity index (χ2n) is 5.91. The number of nitriles is 2. The molecule has 0 spiro atoms. The Kier molecular flexibility index (Phi) is 5.92. The van der Waals surface area contributed by atoms with E-state index in [-0.39, 0.29) is 22.9 Å². The van der Waals surface area contributed by atoms with Crippen molar-refractivity contribution in [3.8, 4) is 12.1 Å². The first-order valence-corrected chi connectivity index (χ1v) is 9.26. The van der Waals surface area contributed by atoms with E-state index in [0.717, 1.165) is 5.56 Å². The largest absolute Gasteiger partial charge is 0.378 e. The number of nitrogens with two attached hydrogens (primary N) is 1. The lowest BCUT2D eigenvalue weighted by molar-refractivity contribution is -0.410. The van der Waals surface area contributed by atoms with Gasteiger partial charge in [-0.2, -0.15) is 10.5 Å². The Morgan fingerprint density at radius 1 is 1.19 bits per heavy atom. The van der Waals surface area contributed by atoms with E-state index in [9.17, 15) is 10.1 Å². The molecule has 3 rings (SSSR count). The van der Waals surface area contributed by atoms with E-state index in [1.54, 1.807) is 4.90 Å². The highest BCUT2D eigenvalue weighted by molar-refractivity contribution is 8.00. The summed E-state index contributed by atoms with van der Waals surface area (Å²) in [5.41, 5.74) is 7.19. The highest BCUT2D eigenvalue weighted by Crippen LogP contribution is 2.37. The van der Waals surface area contributed by atoms with Gasteiger partial charge in [0.15, 0.2) is 5.03 Å². The molecule has 2 heterocycles. The van der Waals surface area contributed by atoms with Crippen LogP contribution in [0.2, 0.25) is 0 Å². The van der Waals surface area contributed by atoms with E-state index in [1.807, 2.05) is 36.4 Å². The molecule has 136 valence electrons. The van der Waals surface area contributed by atoms with Crippen LogP contribution in [0, 0.1) is 22.7 Å². The number of anilines is 1. The molecule has 1 aromatic carbocycles. The Morgan fingerprint density at radius 3 is 2.48 bits per heavy atom. The molecule has 1 aliphatic heterocycles. The van der Waals surface area contributed by atoms with Gasteiger partial charge in [-0.25, -0.2) is 4.98 Å². The summed E-state index contributed by atoms with van der Waals surface area (Å²) in [5.74, 6) is 0.124. The fourth-order valence-electron chi connectivity index (χ4n) is 2.77. The third-order valence-corrected chi connectivity index (χ3v) is 5.46. The molecule has 0 aliphatic carbocycles. The molecular weight excluding hydrogens is 362 g/mol. The second kappa shape index (κ2) is 8.54. The summed E-state index contributed by atoms with van der Waals surface area (Å²) in [4.78, 5) is 17.9. The number of carbonyl (C=O) groups is 1. The number of ether oxygens (including phenoxy) is 1. The number of amides is 1. The van der Waals surface area contributed by atoms with Crippen molar-refractivity contribution in [3.05, 3.63) is 53.1 Å². The number of H-pyrrole nitrogens is 1. The van der Waals surface area contributed by atoms with E-state index in [0.29, 0.717) is 31.3 Å². The molecule has 8 heteroatoms. The Bertz CT molecular complexity index is 914. The Morgan fingerprint density at radius 2 is 1.85 bits per heavy atom. The fraction of sp³-hybridized carbons (Fsp3) is 0.263. The van der Waals surface area contributed by atoms with Gasteiger partial charge in [0.25, 0.3) is 5.82 Å². The van der Waals surface area contributed by atoms with Crippen molar-refractivity contribution < 1.29 is 14.5 Å². The van der Waals surface area contributed by atoms with Gasteiger partial charge in [-0.1, -0.05) is 42.1 Å². The summed E-state index contributed by atoms with van der Waals surface area (Å²) in [6.45, 7) is 2.09. The van der Waals surface area contributed by atoms with Crippen molar-refractivity contribution in [2.24, 2.45) is 0 Å². The van der Waals surface area contributed by atoms with Gasteiger partial charge < -0.3 is 9.64 Å². The Hall–Kier alpha value is -3.07. The number of nitrogens with one attached hydrogen (secondary N) is 1. The van der Waals surface area contributed by atoms with Gasteiger partial charge in [-0.15, -0.1) is 0 Å². The summed E-state index contributed by atoms with van der Waals surface area (Å²) in [7, 11) is 0. The molecule has 2 aromatic rings. The number of carbonyl (C=O) groups excluding carboxylic acids is 1. The summed E-state index contributed by atoms with van der Waals surface area (Å²) >= 11 is 1.23. The first kappa shape index (κ1) is 18.7. The van der Waals surface area contributed by atoms with Crippen LogP contribution in [0.3, 0.4) is 0 Å². The number of aromatic amines is 1. The number of morpholine rings is 1. The van der Waals surface area contributed by atoms with Crippen molar-refractivity contribution in [2.45, 2.75) is 10.3 Å². The molecule has 1 atom stereocenters. The molecule has 1 aliphatic rings. The maximum atomic E-state index is 13.2. The van der Waals surface area contributed by atoms with E-state index in [4.69, 9.17) is 15.7 Å². The van der Waals surface area contributed by atoms with E-state index < -0.39 is 5.25 Å². The molecule has 0 bridgehead atoms. The summed E-state index contributed by atoms with van der Waals surface area (Å²) < 4.78 is 5.33. The smallest absolute Gasteiger partial charge is 0.289 e. The van der Waals surface area contributed by atoms with Gasteiger partial charge in [-0.3, -0.25) is 10.5 Å². The predicted molar refractivity (Wildman–Crippen MR) is 99.3 cm³/mol. The summed E-state index contributed by atoms with van der Waals surface area (Å²) in [6.07, 6.45) is 0. The normalized spacial score (nSPS) is 14.8. The van der Waals surface area contributed by atoms with E-state index in [1.165, 1.54) is 17.8 Å². The lowest BCUT2D eigenvalue weighted by atomic mass is 10.1. The number of thioether (sulfide) groups is 1. The standard InChI is InChI=1S/C19H17N5O2S/c20-11-14-10-15(12-21)18(23-17(14)22)27-16(13-4-2-1-3-5-13)19(25)24-6-8-26-9-7-24/h1-5,10,16H,6-9H2,(H2,22,23)/p+1/t16-/m0/s1. The van der Waals surface area contributed by atoms with Crippen molar-refractivity contribution in [2.75, 3.05) is 32.0 Å². The zero-order chi connectivity index (χ0) is 19.2. The average molecular weight is 380 g/mol. The highest BCUT2D eigenvalue weighted by atomic mass is 32.2. The Balaban J connectivity index is 1.97. The Labute approximate surface area is 161 Å². The molecule has 1 fully saturated rings. The monoisotopic (exact) mass is 380 g/mol. The van der Waals surface area contributed by atoms with Gasteiger partial charge in [0.05, 0.1) is 13.2 Å². The quantitative estimate of drug-likeness (QED) is 0.804. The van der Waals surface area contributed by atoms with Crippen LogP contribution in [-0.4, -0.2) is 37.1 Å². The van der Waals surface area contributed by atoms with Crippen LogP contribution in [0.25, 0.3) is 0 Å². The summed E-state index contributed by atoms with van der Waals surface area (Å²) in [6, 6.07) is 14.9. The minimum atomic E-state index is -0.542. The van der Waals surface area contributed by atoms with Gasteiger partial charge in [0.1, 0.15) is 28.5 Å². The van der Waals surface area contributed by atoms with E-state index in [2.05, 4.69) is 11.1 Å². The van der Waals surface area contributed by atoms with Crippen LogP contribution in [0.4, 0.5) is 5.82 Å². The number of nitrogens with zero attached hydrogens (tertiary/aromatic N) is 3. The van der Waals surface area contributed by atoms with Crippen LogP contribution in [0.15, 0.2) is 41.4 Å². The maximum absolute atomic E-state index is 13.2. The SMILES string of the molecule is N#Cc1cc(C#N)c(S[C@H](C(=O)N2CCOCC2)c2ccccc2)[nH+]c1N. The number of hydrogen-bond donors (Lipinski definition) is 1. The molecular formula is C19H18N5O2S+. The molecule has 0 saturated carbocycles. The number of pyridine rings is 1. The molecule has 1 aromatic heterocycles.